The molecule has 1 aromatic carbocycles. The molecule has 0 spiro atoms. The first kappa shape index (κ1) is 18.0. The van der Waals surface area contributed by atoms with Crippen LogP contribution in [-0.2, 0) is 13.6 Å². The largest absolute Gasteiger partial charge is 0.362 e. The molecule has 7 nitrogen and oxygen atoms in total. The number of nitriles is 1. The van der Waals surface area contributed by atoms with Crippen LogP contribution in [0.25, 0.3) is 0 Å². The lowest BCUT2D eigenvalue weighted by molar-refractivity contribution is 0.469. The summed E-state index contributed by atoms with van der Waals surface area (Å²) in [4.78, 5) is 27.0. The van der Waals surface area contributed by atoms with Crippen LogP contribution in [0.4, 0.5) is 5.82 Å². The minimum Gasteiger partial charge on any atom is -0.362 e. The molecule has 0 unspecified atom stereocenters. The van der Waals surface area contributed by atoms with Crippen molar-refractivity contribution < 1.29 is 0 Å². The van der Waals surface area contributed by atoms with Gasteiger partial charge in [-0.05, 0) is 24.5 Å². The Morgan fingerprint density at radius 2 is 2.12 bits per heavy atom. The highest BCUT2D eigenvalue weighted by Crippen LogP contribution is 2.19. The molecular weight excluding hydrogens is 329 g/mol. The first-order valence-corrected chi connectivity index (χ1v) is 8.55. The maximum atomic E-state index is 12.8. The van der Waals surface area contributed by atoms with E-state index in [1.54, 1.807) is 16.7 Å². The molecule has 1 aliphatic rings. The third-order valence-electron chi connectivity index (χ3n) is 4.82. The van der Waals surface area contributed by atoms with Crippen molar-refractivity contribution in [3.63, 3.8) is 0 Å². The molecule has 0 aliphatic carbocycles. The summed E-state index contributed by atoms with van der Waals surface area (Å²) in [7, 11) is 7.04. The van der Waals surface area contributed by atoms with Crippen molar-refractivity contribution in [3.05, 3.63) is 62.3 Å². The van der Waals surface area contributed by atoms with E-state index in [9.17, 15) is 14.9 Å². The second-order valence-corrected chi connectivity index (χ2v) is 6.49. The Labute approximate surface area is 152 Å². The van der Waals surface area contributed by atoms with Crippen molar-refractivity contribution >= 4 is 13.8 Å². The van der Waals surface area contributed by atoms with E-state index >= 15 is 0 Å². The first-order valence-electron chi connectivity index (χ1n) is 8.55. The van der Waals surface area contributed by atoms with Crippen LogP contribution >= 0.6 is 0 Å². The maximum Gasteiger partial charge on any atom is 0.332 e. The Hall–Kier alpha value is -2.79. The molecule has 3 rings (SSSR count). The number of piperidine rings is 1. The maximum absolute atomic E-state index is 12.8. The molecule has 132 valence electrons. The lowest BCUT2D eigenvalue weighted by Gasteiger charge is -2.35. The standard InChI is InChI=1S/C18H20BN5O2/c1-22-17(25)9-16(23-8-4-7-15(12-23)21-19)24(18(22)26)11-14-6-3-2-5-13(14)10-20/h2-3,5-6,9,15,21H,4,7-8,11-12H2,1H3/t15-/m1/s1. The number of hydrogen-bond donors (Lipinski definition) is 1. The molecule has 2 aromatic rings. The van der Waals surface area contributed by atoms with Crippen LogP contribution in [0.5, 0.6) is 0 Å². The predicted molar refractivity (Wildman–Crippen MR) is 100 cm³/mol. The van der Waals surface area contributed by atoms with Crippen molar-refractivity contribution in [2.45, 2.75) is 25.4 Å². The zero-order valence-electron chi connectivity index (χ0n) is 14.7. The highest BCUT2D eigenvalue weighted by Gasteiger charge is 2.22. The SMILES string of the molecule is [B]N[C@@H]1CCCN(c2cc(=O)n(C)c(=O)n2Cc2ccccc2C#N)C1. The second-order valence-electron chi connectivity index (χ2n) is 6.49. The molecule has 0 amide bonds. The van der Waals surface area contributed by atoms with E-state index in [-0.39, 0.29) is 18.1 Å². The molecule has 26 heavy (non-hydrogen) atoms. The number of hydrogen-bond acceptors (Lipinski definition) is 5. The van der Waals surface area contributed by atoms with E-state index in [1.807, 2.05) is 17.0 Å². The Morgan fingerprint density at radius 3 is 2.85 bits per heavy atom. The predicted octanol–water partition coefficient (Wildman–Crippen LogP) is 0.109. The summed E-state index contributed by atoms with van der Waals surface area (Å²) in [5, 5.41) is 12.1. The number of nitrogens with one attached hydrogen (secondary N) is 1. The van der Waals surface area contributed by atoms with Gasteiger partial charge in [0.1, 0.15) is 5.82 Å². The Balaban J connectivity index is 2.09. The average Bonchev–Trinajstić information content (AvgIpc) is 2.68. The molecule has 1 N–H and O–H groups in total. The van der Waals surface area contributed by atoms with Gasteiger partial charge in [-0.3, -0.25) is 13.9 Å². The lowest BCUT2D eigenvalue weighted by atomic mass is 10.0. The summed E-state index contributed by atoms with van der Waals surface area (Å²) < 4.78 is 2.64. The highest BCUT2D eigenvalue weighted by atomic mass is 16.2. The van der Waals surface area contributed by atoms with E-state index in [1.165, 1.54) is 13.1 Å². The van der Waals surface area contributed by atoms with Gasteiger partial charge in [-0.2, -0.15) is 5.26 Å². The van der Waals surface area contributed by atoms with E-state index in [0.717, 1.165) is 29.5 Å². The summed E-state index contributed by atoms with van der Waals surface area (Å²) in [5.74, 6) is 0.561. The van der Waals surface area contributed by atoms with Gasteiger partial charge in [0.25, 0.3) is 5.56 Å². The molecule has 1 atom stereocenters. The van der Waals surface area contributed by atoms with Gasteiger partial charge in [0.2, 0.25) is 0 Å². The first-order chi connectivity index (χ1) is 12.5. The smallest absolute Gasteiger partial charge is 0.332 e. The topological polar surface area (TPSA) is 83.1 Å². The molecule has 8 heteroatoms. The number of anilines is 1. The van der Waals surface area contributed by atoms with Crippen LogP contribution in [0.3, 0.4) is 0 Å². The van der Waals surface area contributed by atoms with Crippen LogP contribution in [0, 0.1) is 11.3 Å². The van der Waals surface area contributed by atoms with E-state index in [2.05, 4.69) is 11.3 Å². The van der Waals surface area contributed by atoms with Gasteiger partial charge >= 0.3 is 5.69 Å². The zero-order valence-corrected chi connectivity index (χ0v) is 14.7. The minimum atomic E-state index is -0.400. The molecule has 1 fully saturated rings. The normalized spacial score (nSPS) is 17.1. The highest BCUT2D eigenvalue weighted by molar-refractivity contribution is 6.04. The van der Waals surface area contributed by atoms with Gasteiger partial charge < -0.3 is 10.1 Å². The summed E-state index contributed by atoms with van der Waals surface area (Å²) >= 11 is 0. The average molecular weight is 349 g/mol. The lowest BCUT2D eigenvalue weighted by Crippen LogP contribution is -2.48. The molecule has 1 saturated heterocycles. The second kappa shape index (κ2) is 7.62. The van der Waals surface area contributed by atoms with Gasteiger partial charge in [-0.15, -0.1) is 0 Å². The number of rotatable bonds is 4. The summed E-state index contributed by atoms with van der Waals surface area (Å²) in [5.41, 5.74) is 0.502. The van der Waals surface area contributed by atoms with Gasteiger partial charge in [0, 0.05) is 32.2 Å². The third kappa shape index (κ3) is 3.44. The number of benzene rings is 1. The van der Waals surface area contributed by atoms with E-state index in [0.29, 0.717) is 17.9 Å². The molecule has 1 aromatic heterocycles. The Kier molecular flexibility index (Phi) is 5.28. The van der Waals surface area contributed by atoms with Crippen molar-refractivity contribution in [2.75, 3.05) is 18.0 Å². The quantitative estimate of drug-likeness (QED) is 0.793. The van der Waals surface area contributed by atoms with Crippen molar-refractivity contribution in [1.82, 2.24) is 14.4 Å². The Bertz CT molecular complexity index is 959. The summed E-state index contributed by atoms with van der Waals surface area (Å²) in [6, 6.07) is 10.9. The van der Waals surface area contributed by atoms with Crippen LogP contribution < -0.4 is 21.4 Å². The van der Waals surface area contributed by atoms with Crippen molar-refractivity contribution in [1.29, 1.82) is 5.26 Å². The molecule has 0 saturated carbocycles. The van der Waals surface area contributed by atoms with E-state index < -0.39 is 5.69 Å². The number of nitrogens with zero attached hydrogens (tertiary/aromatic N) is 4. The van der Waals surface area contributed by atoms with Crippen LogP contribution in [-0.4, -0.2) is 36.2 Å². The fourth-order valence-corrected chi connectivity index (χ4v) is 3.33. The molecular formula is C18H20BN5O2. The van der Waals surface area contributed by atoms with Crippen molar-refractivity contribution in [2.24, 2.45) is 7.05 Å². The van der Waals surface area contributed by atoms with Crippen LogP contribution in [0.1, 0.15) is 24.0 Å². The van der Waals surface area contributed by atoms with Crippen molar-refractivity contribution in [3.8, 4) is 6.07 Å². The zero-order chi connectivity index (χ0) is 18.7. The van der Waals surface area contributed by atoms with Crippen LogP contribution in [0.15, 0.2) is 39.9 Å². The molecule has 1 aliphatic heterocycles. The molecule has 2 heterocycles. The number of aromatic nitrogens is 2. The minimum absolute atomic E-state index is 0.0998. The Morgan fingerprint density at radius 1 is 1.35 bits per heavy atom. The molecule has 0 bridgehead atoms. The van der Waals surface area contributed by atoms with Crippen LogP contribution in [0.2, 0.25) is 0 Å². The monoisotopic (exact) mass is 349 g/mol. The van der Waals surface area contributed by atoms with Gasteiger partial charge in [-0.1, -0.05) is 18.2 Å². The van der Waals surface area contributed by atoms with Gasteiger partial charge in [0.15, 0.2) is 7.98 Å². The fourth-order valence-electron chi connectivity index (χ4n) is 3.33. The molecule has 2 radical (unpaired) electrons. The summed E-state index contributed by atoms with van der Waals surface area (Å²) in [6.45, 7) is 1.58. The van der Waals surface area contributed by atoms with Gasteiger partial charge in [-0.25, -0.2) is 4.79 Å². The third-order valence-corrected chi connectivity index (χ3v) is 4.82. The summed E-state index contributed by atoms with van der Waals surface area (Å²) in [6.07, 6.45) is 1.85. The fraction of sp³-hybridized carbons (Fsp3) is 0.389. The van der Waals surface area contributed by atoms with Gasteiger partial charge in [0.05, 0.1) is 18.2 Å². The van der Waals surface area contributed by atoms with E-state index in [4.69, 9.17) is 7.98 Å².